The van der Waals surface area contributed by atoms with Gasteiger partial charge in [0.05, 0.1) is 25.1 Å². The summed E-state index contributed by atoms with van der Waals surface area (Å²) in [7, 11) is 3.26. The van der Waals surface area contributed by atoms with Crippen LogP contribution in [0.25, 0.3) is 0 Å². The molecular weight excluding hydrogens is 218 g/mol. The molecule has 1 rings (SSSR count). The van der Waals surface area contributed by atoms with Crippen LogP contribution < -0.4 is 5.32 Å². The van der Waals surface area contributed by atoms with Gasteiger partial charge in [0.25, 0.3) is 0 Å². The van der Waals surface area contributed by atoms with Crippen molar-refractivity contribution in [1.82, 2.24) is 9.97 Å². The topological polar surface area (TPSA) is 56.3 Å². The fourth-order valence-corrected chi connectivity index (χ4v) is 1.19. The van der Waals surface area contributed by atoms with Crippen molar-refractivity contribution >= 4 is 17.4 Å². The van der Waals surface area contributed by atoms with Crippen LogP contribution in [0.5, 0.6) is 0 Å². The SMILES string of the molecule is COCC(CNc1cncc(Cl)n1)OC. The summed E-state index contributed by atoms with van der Waals surface area (Å²) in [4.78, 5) is 7.94. The lowest BCUT2D eigenvalue weighted by atomic mass is 10.3. The highest BCUT2D eigenvalue weighted by Gasteiger charge is 2.06. The van der Waals surface area contributed by atoms with E-state index in [2.05, 4.69) is 15.3 Å². The summed E-state index contributed by atoms with van der Waals surface area (Å²) < 4.78 is 10.2. The zero-order valence-corrected chi connectivity index (χ0v) is 9.49. The maximum atomic E-state index is 5.69. The number of halogens is 1. The van der Waals surface area contributed by atoms with E-state index >= 15 is 0 Å². The highest BCUT2D eigenvalue weighted by Crippen LogP contribution is 2.06. The number of aromatic nitrogens is 2. The molecule has 0 aliphatic rings. The fraction of sp³-hybridized carbons (Fsp3) is 0.556. The molecule has 0 aliphatic carbocycles. The predicted octanol–water partition coefficient (Wildman–Crippen LogP) is 1.20. The Morgan fingerprint density at radius 1 is 1.47 bits per heavy atom. The van der Waals surface area contributed by atoms with Crippen molar-refractivity contribution < 1.29 is 9.47 Å². The van der Waals surface area contributed by atoms with Crippen LogP contribution in [0.2, 0.25) is 5.15 Å². The highest BCUT2D eigenvalue weighted by molar-refractivity contribution is 6.29. The second-order valence-corrected chi connectivity index (χ2v) is 3.31. The third-order valence-electron chi connectivity index (χ3n) is 1.80. The summed E-state index contributed by atoms with van der Waals surface area (Å²) >= 11 is 5.69. The normalized spacial score (nSPS) is 12.5. The van der Waals surface area contributed by atoms with Crippen LogP contribution in [0, 0.1) is 0 Å². The lowest BCUT2D eigenvalue weighted by Crippen LogP contribution is -2.26. The molecule has 0 saturated heterocycles. The Morgan fingerprint density at radius 2 is 2.27 bits per heavy atom. The first-order chi connectivity index (χ1) is 7.26. The van der Waals surface area contributed by atoms with E-state index in [9.17, 15) is 0 Å². The van der Waals surface area contributed by atoms with Gasteiger partial charge in [0.15, 0.2) is 0 Å². The largest absolute Gasteiger partial charge is 0.382 e. The van der Waals surface area contributed by atoms with Gasteiger partial charge < -0.3 is 14.8 Å². The van der Waals surface area contributed by atoms with Gasteiger partial charge >= 0.3 is 0 Å². The second-order valence-electron chi connectivity index (χ2n) is 2.92. The molecule has 1 heterocycles. The molecule has 1 aromatic rings. The summed E-state index contributed by atoms with van der Waals surface area (Å²) in [6, 6.07) is 0. The van der Waals surface area contributed by atoms with E-state index in [1.54, 1.807) is 20.4 Å². The molecule has 1 N–H and O–H groups in total. The van der Waals surface area contributed by atoms with Crippen molar-refractivity contribution in [2.45, 2.75) is 6.10 Å². The zero-order chi connectivity index (χ0) is 11.1. The third kappa shape index (κ3) is 4.42. The molecule has 1 atom stereocenters. The molecule has 5 nitrogen and oxygen atoms in total. The minimum absolute atomic E-state index is 0.0178. The van der Waals surface area contributed by atoms with Crippen LogP contribution in [-0.4, -0.2) is 43.4 Å². The molecule has 0 fully saturated rings. The second kappa shape index (κ2) is 6.55. The van der Waals surface area contributed by atoms with Crippen LogP contribution in [0.15, 0.2) is 12.4 Å². The van der Waals surface area contributed by atoms with E-state index in [-0.39, 0.29) is 6.10 Å². The van der Waals surface area contributed by atoms with E-state index < -0.39 is 0 Å². The number of nitrogens with one attached hydrogen (secondary N) is 1. The summed E-state index contributed by atoms with van der Waals surface area (Å²) in [6.07, 6.45) is 3.07. The molecule has 1 aromatic heterocycles. The average Bonchev–Trinajstić information content (AvgIpc) is 2.24. The van der Waals surface area contributed by atoms with E-state index in [0.29, 0.717) is 24.1 Å². The van der Waals surface area contributed by atoms with Crippen molar-refractivity contribution in [2.24, 2.45) is 0 Å². The first-order valence-electron chi connectivity index (χ1n) is 4.49. The number of methoxy groups -OCH3 is 2. The van der Waals surface area contributed by atoms with Crippen LogP contribution in [0.1, 0.15) is 0 Å². The Bertz CT molecular complexity index is 298. The quantitative estimate of drug-likeness (QED) is 0.798. The first kappa shape index (κ1) is 12.2. The lowest BCUT2D eigenvalue weighted by molar-refractivity contribution is 0.0365. The lowest BCUT2D eigenvalue weighted by Gasteiger charge is -2.15. The Morgan fingerprint density at radius 3 is 2.87 bits per heavy atom. The van der Waals surface area contributed by atoms with E-state index in [1.165, 1.54) is 6.20 Å². The van der Waals surface area contributed by atoms with Crippen molar-refractivity contribution in [3.05, 3.63) is 17.5 Å². The predicted molar refractivity (Wildman–Crippen MR) is 58.2 cm³/mol. The number of ether oxygens (including phenoxy) is 2. The smallest absolute Gasteiger partial charge is 0.149 e. The van der Waals surface area contributed by atoms with Crippen LogP contribution in [0.3, 0.4) is 0 Å². The Kier molecular flexibility index (Phi) is 5.31. The van der Waals surface area contributed by atoms with Crippen LogP contribution in [-0.2, 0) is 9.47 Å². The van der Waals surface area contributed by atoms with Gasteiger partial charge in [-0.05, 0) is 0 Å². The highest BCUT2D eigenvalue weighted by atomic mass is 35.5. The summed E-state index contributed by atoms with van der Waals surface area (Å²) in [5.41, 5.74) is 0. The van der Waals surface area contributed by atoms with E-state index in [0.717, 1.165) is 0 Å². The molecule has 0 amide bonds. The van der Waals surface area contributed by atoms with Gasteiger partial charge in [0.1, 0.15) is 11.0 Å². The van der Waals surface area contributed by atoms with Gasteiger partial charge in [-0.15, -0.1) is 0 Å². The van der Waals surface area contributed by atoms with Gasteiger partial charge in [0.2, 0.25) is 0 Å². The molecular formula is C9H14ClN3O2. The number of hydrogen-bond donors (Lipinski definition) is 1. The number of nitrogens with zero attached hydrogens (tertiary/aromatic N) is 2. The number of hydrogen-bond acceptors (Lipinski definition) is 5. The molecule has 0 spiro atoms. The molecule has 0 bridgehead atoms. The molecule has 0 aliphatic heterocycles. The average molecular weight is 232 g/mol. The molecule has 0 saturated carbocycles. The maximum absolute atomic E-state index is 5.69. The number of anilines is 1. The van der Waals surface area contributed by atoms with E-state index in [1.807, 2.05) is 0 Å². The van der Waals surface area contributed by atoms with Gasteiger partial charge in [-0.25, -0.2) is 4.98 Å². The first-order valence-corrected chi connectivity index (χ1v) is 4.87. The summed E-state index contributed by atoms with van der Waals surface area (Å²) in [5, 5.41) is 3.42. The van der Waals surface area contributed by atoms with Crippen molar-refractivity contribution in [2.75, 3.05) is 32.7 Å². The standard InChI is InChI=1S/C9H14ClN3O2/c1-14-6-7(15-2)3-12-9-5-11-4-8(10)13-9/h4-5,7H,3,6H2,1-2H3,(H,12,13). The van der Waals surface area contributed by atoms with Gasteiger partial charge in [0, 0.05) is 20.8 Å². The van der Waals surface area contributed by atoms with Gasteiger partial charge in [-0.3, -0.25) is 4.98 Å². The zero-order valence-electron chi connectivity index (χ0n) is 8.74. The Balaban J connectivity index is 2.41. The summed E-state index contributed by atoms with van der Waals surface area (Å²) in [5.74, 6) is 0.626. The molecule has 1 unspecified atom stereocenters. The Hall–Kier alpha value is -0.910. The molecule has 6 heteroatoms. The maximum Gasteiger partial charge on any atom is 0.149 e. The van der Waals surface area contributed by atoms with Crippen molar-refractivity contribution in [1.29, 1.82) is 0 Å². The van der Waals surface area contributed by atoms with E-state index in [4.69, 9.17) is 21.1 Å². The van der Waals surface area contributed by atoms with Gasteiger partial charge in [-0.1, -0.05) is 11.6 Å². The minimum atomic E-state index is -0.0178. The molecule has 84 valence electrons. The van der Waals surface area contributed by atoms with Crippen molar-refractivity contribution in [3.63, 3.8) is 0 Å². The minimum Gasteiger partial charge on any atom is -0.382 e. The Labute approximate surface area is 93.8 Å². The van der Waals surface area contributed by atoms with Crippen LogP contribution in [0.4, 0.5) is 5.82 Å². The van der Waals surface area contributed by atoms with Crippen molar-refractivity contribution in [3.8, 4) is 0 Å². The monoisotopic (exact) mass is 231 g/mol. The van der Waals surface area contributed by atoms with Gasteiger partial charge in [-0.2, -0.15) is 0 Å². The summed E-state index contributed by atoms with van der Waals surface area (Å²) in [6.45, 7) is 1.12. The van der Waals surface area contributed by atoms with Crippen LogP contribution >= 0.6 is 11.6 Å². The third-order valence-corrected chi connectivity index (χ3v) is 1.98. The molecule has 15 heavy (non-hydrogen) atoms. The number of rotatable bonds is 6. The molecule has 0 radical (unpaired) electrons. The fourth-order valence-electron chi connectivity index (χ4n) is 1.04. The molecule has 0 aromatic carbocycles.